The van der Waals surface area contributed by atoms with Crippen LogP contribution >= 0.6 is 0 Å². The highest BCUT2D eigenvalue weighted by Crippen LogP contribution is 2.19. The molecule has 1 aliphatic rings. The fraction of sp³-hybridized carbons (Fsp3) is 0.571. The van der Waals surface area contributed by atoms with E-state index in [9.17, 15) is 9.18 Å². The zero-order valence-corrected chi connectivity index (χ0v) is 12.6. The molecule has 0 bridgehead atoms. The number of amides is 1. The Morgan fingerprint density at radius 2 is 1.85 bits per heavy atom. The van der Waals surface area contributed by atoms with E-state index in [2.05, 4.69) is 15.2 Å². The van der Waals surface area contributed by atoms with Gasteiger partial charge in [-0.1, -0.05) is 13.8 Å². The minimum Gasteiger partial charge on any atom is -0.365 e. The van der Waals surface area contributed by atoms with Gasteiger partial charge in [-0.05, 0) is 19.2 Å². The van der Waals surface area contributed by atoms with Crippen LogP contribution in [-0.4, -0.2) is 56.1 Å². The number of hydrogen-bond donors (Lipinski definition) is 1. The zero-order chi connectivity index (χ0) is 15.1. The monoisotopic (exact) mass is 282 g/mol. The molecule has 2 heterocycles. The van der Waals surface area contributed by atoms with Crippen LogP contribution in [0, 0.1) is 5.95 Å². The first-order chi connectivity index (χ1) is 9.61. The van der Waals surface area contributed by atoms with E-state index >= 15 is 0 Å². The highest BCUT2D eigenvalue weighted by Gasteiger charge is 2.19. The van der Waals surface area contributed by atoms with Crippen molar-refractivity contribution in [2.24, 2.45) is 0 Å². The number of carbonyl (C=O) groups excluding carboxylic acids is 1. The number of nitrogens with zero attached hydrogens (tertiary/aromatic N) is 3. The standard InChI is InChI=1S/C12H17FN4O.C2H6/c1-14-12(18)9-3-4-10(11(13)15-9)17-7-5-16(2)6-8-17;1-2/h3-4H,5-8H2,1-2H3,(H,14,18);1-2H3. The second kappa shape index (κ2) is 7.79. The van der Waals surface area contributed by atoms with Gasteiger partial charge in [-0.25, -0.2) is 4.98 Å². The van der Waals surface area contributed by atoms with Gasteiger partial charge >= 0.3 is 0 Å². The van der Waals surface area contributed by atoms with Crippen LogP contribution in [0.5, 0.6) is 0 Å². The van der Waals surface area contributed by atoms with Gasteiger partial charge in [-0.3, -0.25) is 4.79 Å². The summed E-state index contributed by atoms with van der Waals surface area (Å²) in [7, 11) is 3.54. The normalized spacial score (nSPS) is 15.3. The molecule has 5 nitrogen and oxygen atoms in total. The first-order valence-electron chi connectivity index (χ1n) is 6.94. The van der Waals surface area contributed by atoms with E-state index in [0.717, 1.165) is 26.2 Å². The van der Waals surface area contributed by atoms with Crippen LogP contribution < -0.4 is 10.2 Å². The Kier molecular flexibility index (Phi) is 6.38. The summed E-state index contributed by atoms with van der Waals surface area (Å²) in [6.07, 6.45) is 0. The maximum absolute atomic E-state index is 13.9. The number of nitrogens with one attached hydrogen (secondary N) is 1. The third-order valence-corrected chi connectivity index (χ3v) is 3.13. The van der Waals surface area contributed by atoms with Crippen molar-refractivity contribution < 1.29 is 9.18 Å². The molecule has 0 atom stereocenters. The van der Waals surface area contributed by atoms with Crippen LogP contribution in [0.4, 0.5) is 10.1 Å². The van der Waals surface area contributed by atoms with Crippen molar-refractivity contribution in [3.8, 4) is 0 Å². The fourth-order valence-corrected chi connectivity index (χ4v) is 1.96. The molecule has 0 radical (unpaired) electrons. The molecule has 0 saturated carbocycles. The molecule has 1 aromatic heterocycles. The van der Waals surface area contributed by atoms with Gasteiger partial charge in [0.1, 0.15) is 5.69 Å². The van der Waals surface area contributed by atoms with E-state index < -0.39 is 5.95 Å². The first-order valence-corrected chi connectivity index (χ1v) is 6.94. The molecule has 2 rings (SSSR count). The lowest BCUT2D eigenvalue weighted by molar-refractivity contribution is 0.0957. The van der Waals surface area contributed by atoms with Gasteiger partial charge in [-0.2, -0.15) is 4.39 Å². The van der Waals surface area contributed by atoms with Crippen LogP contribution in [0.2, 0.25) is 0 Å². The van der Waals surface area contributed by atoms with Crippen LogP contribution in [0.15, 0.2) is 12.1 Å². The summed E-state index contributed by atoms with van der Waals surface area (Å²) in [6, 6.07) is 3.17. The summed E-state index contributed by atoms with van der Waals surface area (Å²) < 4.78 is 13.9. The van der Waals surface area contributed by atoms with Crippen molar-refractivity contribution in [3.63, 3.8) is 0 Å². The largest absolute Gasteiger partial charge is 0.365 e. The van der Waals surface area contributed by atoms with E-state index in [4.69, 9.17) is 0 Å². The molecule has 6 heteroatoms. The number of piperazine rings is 1. The maximum atomic E-state index is 13.9. The fourth-order valence-electron chi connectivity index (χ4n) is 1.96. The Bertz CT molecular complexity index is 445. The average molecular weight is 282 g/mol. The summed E-state index contributed by atoms with van der Waals surface area (Å²) in [6.45, 7) is 7.34. The number of anilines is 1. The summed E-state index contributed by atoms with van der Waals surface area (Å²) in [4.78, 5) is 19.2. The molecular weight excluding hydrogens is 259 g/mol. The average Bonchev–Trinajstić information content (AvgIpc) is 2.49. The minimum atomic E-state index is -0.583. The number of carbonyl (C=O) groups is 1. The van der Waals surface area contributed by atoms with Crippen molar-refractivity contribution in [1.29, 1.82) is 0 Å². The third-order valence-electron chi connectivity index (χ3n) is 3.13. The highest BCUT2D eigenvalue weighted by atomic mass is 19.1. The van der Waals surface area contributed by atoms with Gasteiger partial charge in [0, 0.05) is 33.2 Å². The van der Waals surface area contributed by atoms with Gasteiger partial charge < -0.3 is 15.1 Å². The maximum Gasteiger partial charge on any atom is 0.269 e. The van der Waals surface area contributed by atoms with E-state index in [1.807, 2.05) is 25.8 Å². The second-order valence-corrected chi connectivity index (χ2v) is 4.38. The topological polar surface area (TPSA) is 48.5 Å². The van der Waals surface area contributed by atoms with E-state index in [0.29, 0.717) is 5.69 Å². The molecule has 0 aromatic carbocycles. The predicted molar refractivity (Wildman–Crippen MR) is 78.6 cm³/mol. The lowest BCUT2D eigenvalue weighted by atomic mass is 10.2. The third kappa shape index (κ3) is 3.90. The van der Waals surface area contributed by atoms with Crippen molar-refractivity contribution in [1.82, 2.24) is 15.2 Å². The van der Waals surface area contributed by atoms with E-state index in [-0.39, 0.29) is 11.6 Å². The predicted octanol–water partition coefficient (Wildman–Crippen LogP) is 1.36. The Hall–Kier alpha value is -1.69. The van der Waals surface area contributed by atoms with Crippen LogP contribution in [0.3, 0.4) is 0 Å². The van der Waals surface area contributed by atoms with Gasteiger partial charge in [0.05, 0.1) is 5.69 Å². The number of aromatic nitrogens is 1. The quantitative estimate of drug-likeness (QED) is 0.832. The summed E-state index contributed by atoms with van der Waals surface area (Å²) in [5.74, 6) is -0.959. The van der Waals surface area contributed by atoms with E-state index in [1.54, 1.807) is 12.1 Å². The number of hydrogen-bond acceptors (Lipinski definition) is 4. The van der Waals surface area contributed by atoms with Crippen molar-refractivity contribution in [3.05, 3.63) is 23.8 Å². The van der Waals surface area contributed by atoms with Crippen molar-refractivity contribution in [2.75, 3.05) is 45.2 Å². The highest BCUT2D eigenvalue weighted by molar-refractivity contribution is 5.92. The molecule has 1 N–H and O–H groups in total. The molecule has 0 unspecified atom stereocenters. The SMILES string of the molecule is CC.CNC(=O)c1ccc(N2CCN(C)CC2)c(F)n1. The Morgan fingerprint density at radius 3 is 2.35 bits per heavy atom. The van der Waals surface area contributed by atoms with Gasteiger partial charge in [0.15, 0.2) is 0 Å². The molecule has 112 valence electrons. The Balaban J connectivity index is 0.000000956. The van der Waals surface area contributed by atoms with Gasteiger partial charge in [0.25, 0.3) is 5.91 Å². The molecule has 0 spiro atoms. The van der Waals surface area contributed by atoms with Gasteiger partial charge in [0.2, 0.25) is 5.95 Å². The number of halogens is 1. The molecule has 20 heavy (non-hydrogen) atoms. The lowest BCUT2D eigenvalue weighted by Crippen LogP contribution is -2.45. The number of rotatable bonds is 2. The molecule has 1 aromatic rings. The molecular formula is C14H23FN4O. The molecule has 1 fully saturated rings. The summed E-state index contributed by atoms with van der Waals surface area (Å²) in [5, 5.41) is 2.42. The molecule has 1 aliphatic heterocycles. The van der Waals surface area contributed by atoms with Crippen molar-refractivity contribution in [2.45, 2.75) is 13.8 Å². The smallest absolute Gasteiger partial charge is 0.269 e. The number of likely N-dealkylation sites (N-methyl/N-ethyl adjacent to an activating group) is 1. The zero-order valence-electron chi connectivity index (χ0n) is 12.6. The number of pyridine rings is 1. The first kappa shape index (κ1) is 16.4. The minimum absolute atomic E-state index is 0.105. The van der Waals surface area contributed by atoms with Crippen LogP contribution in [0.1, 0.15) is 24.3 Å². The van der Waals surface area contributed by atoms with Crippen LogP contribution in [-0.2, 0) is 0 Å². The van der Waals surface area contributed by atoms with Crippen molar-refractivity contribution >= 4 is 11.6 Å². The summed E-state index contributed by atoms with van der Waals surface area (Å²) in [5.41, 5.74) is 0.573. The van der Waals surface area contributed by atoms with Gasteiger partial charge in [-0.15, -0.1) is 0 Å². The second-order valence-electron chi connectivity index (χ2n) is 4.38. The lowest BCUT2D eigenvalue weighted by Gasteiger charge is -2.33. The van der Waals surface area contributed by atoms with Crippen LogP contribution in [0.25, 0.3) is 0 Å². The van der Waals surface area contributed by atoms with E-state index in [1.165, 1.54) is 7.05 Å². The summed E-state index contributed by atoms with van der Waals surface area (Å²) >= 11 is 0. The molecule has 1 amide bonds. The Morgan fingerprint density at radius 1 is 1.25 bits per heavy atom. The molecule has 0 aliphatic carbocycles. The Labute approximate surface area is 119 Å². The molecule has 1 saturated heterocycles.